The molecule has 0 aliphatic carbocycles. The molecule has 4 nitrogen and oxygen atoms in total. The molecule has 94 valence electrons. The third-order valence-corrected chi connectivity index (χ3v) is 2.45. The first kappa shape index (κ1) is 13.7. The maximum Gasteiger partial charge on any atom is 0.233 e. The van der Waals surface area contributed by atoms with E-state index in [9.17, 15) is 4.79 Å². The van der Waals surface area contributed by atoms with Gasteiger partial charge < -0.3 is 15.5 Å². The van der Waals surface area contributed by atoms with Gasteiger partial charge in [-0.1, -0.05) is 30.3 Å². The largest absolute Gasteiger partial charge is 0.354 e. The van der Waals surface area contributed by atoms with Crippen LogP contribution in [0.1, 0.15) is 5.56 Å². The summed E-state index contributed by atoms with van der Waals surface area (Å²) in [5.41, 5.74) is 1.29. The Hall–Kier alpha value is -1.39. The monoisotopic (exact) mass is 235 g/mol. The zero-order chi connectivity index (χ0) is 12.5. The lowest BCUT2D eigenvalue weighted by molar-refractivity contribution is -0.120. The molecule has 1 rings (SSSR count). The van der Waals surface area contributed by atoms with Gasteiger partial charge in [-0.15, -0.1) is 0 Å². The molecule has 0 bridgehead atoms. The van der Waals surface area contributed by atoms with Crippen molar-refractivity contribution < 1.29 is 4.79 Å². The molecule has 0 radical (unpaired) electrons. The summed E-state index contributed by atoms with van der Waals surface area (Å²) in [6.07, 6.45) is 0. The van der Waals surface area contributed by atoms with Gasteiger partial charge in [0.25, 0.3) is 0 Å². The maximum atomic E-state index is 11.2. The standard InChI is InChI=1S/C13H21N3O/c1-14-10-13(17)15-8-9-16(2)11-12-6-4-3-5-7-12/h3-7,14H,8-11H2,1-2H3,(H,15,17). The van der Waals surface area contributed by atoms with Gasteiger partial charge in [-0.2, -0.15) is 0 Å². The number of nitrogens with one attached hydrogen (secondary N) is 2. The van der Waals surface area contributed by atoms with E-state index in [0.29, 0.717) is 13.1 Å². The van der Waals surface area contributed by atoms with Gasteiger partial charge in [0.1, 0.15) is 0 Å². The number of benzene rings is 1. The molecule has 0 aliphatic rings. The average Bonchev–Trinajstić information content (AvgIpc) is 2.30. The van der Waals surface area contributed by atoms with E-state index in [0.717, 1.165) is 13.1 Å². The van der Waals surface area contributed by atoms with Crippen LogP contribution in [0, 0.1) is 0 Å². The Morgan fingerprint density at radius 1 is 1.29 bits per heavy atom. The molecule has 2 N–H and O–H groups in total. The minimum absolute atomic E-state index is 0.0422. The van der Waals surface area contributed by atoms with Crippen molar-refractivity contribution in [2.75, 3.05) is 33.7 Å². The summed E-state index contributed by atoms with van der Waals surface area (Å²) in [6.45, 7) is 2.82. The van der Waals surface area contributed by atoms with Gasteiger partial charge in [0, 0.05) is 19.6 Å². The van der Waals surface area contributed by atoms with Crippen LogP contribution in [-0.4, -0.2) is 44.5 Å². The first-order valence-corrected chi connectivity index (χ1v) is 5.86. The van der Waals surface area contributed by atoms with Crippen LogP contribution in [0.3, 0.4) is 0 Å². The molecule has 0 atom stereocenters. The number of carbonyl (C=O) groups excluding carboxylic acids is 1. The summed E-state index contributed by atoms with van der Waals surface area (Å²) in [5.74, 6) is 0.0422. The minimum Gasteiger partial charge on any atom is -0.354 e. The zero-order valence-corrected chi connectivity index (χ0v) is 10.6. The highest BCUT2D eigenvalue weighted by Gasteiger charge is 2.01. The van der Waals surface area contributed by atoms with E-state index in [1.165, 1.54) is 5.56 Å². The predicted molar refractivity (Wildman–Crippen MR) is 69.7 cm³/mol. The molecule has 0 saturated heterocycles. The van der Waals surface area contributed by atoms with E-state index in [2.05, 4.69) is 34.7 Å². The molecule has 0 spiro atoms. The Kier molecular flexibility index (Phi) is 6.29. The number of rotatable bonds is 7. The Labute approximate surface area is 103 Å². The summed E-state index contributed by atoms with van der Waals surface area (Å²) >= 11 is 0. The van der Waals surface area contributed by atoms with E-state index >= 15 is 0 Å². The lowest BCUT2D eigenvalue weighted by Crippen LogP contribution is -2.37. The summed E-state index contributed by atoms with van der Waals surface area (Å²) in [5, 5.41) is 5.68. The van der Waals surface area contributed by atoms with Crippen LogP contribution in [0.2, 0.25) is 0 Å². The molecule has 1 aromatic rings. The third-order valence-electron chi connectivity index (χ3n) is 2.45. The highest BCUT2D eigenvalue weighted by molar-refractivity contribution is 5.77. The summed E-state index contributed by atoms with van der Waals surface area (Å²) in [4.78, 5) is 13.4. The van der Waals surface area contributed by atoms with Gasteiger partial charge >= 0.3 is 0 Å². The number of hydrogen-bond acceptors (Lipinski definition) is 3. The van der Waals surface area contributed by atoms with Gasteiger partial charge in [0.05, 0.1) is 6.54 Å². The van der Waals surface area contributed by atoms with Gasteiger partial charge in [0.15, 0.2) is 0 Å². The molecule has 1 amide bonds. The van der Waals surface area contributed by atoms with Crippen LogP contribution >= 0.6 is 0 Å². The molecule has 0 fully saturated rings. The smallest absolute Gasteiger partial charge is 0.233 e. The first-order valence-electron chi connectivity index (χ1n) is 5.86. The Morgan fingerprint density at radius 3 is 2.65 bits per heavy atom. The van der Waals surface area contributed by atoms with Crippen LogP contribution in [0.5, 0.6) is 0 Å². The van der Waals surface area contributed by atoms with Crippen molar-refractivity contribution in [2.45, 2.75) is 6.54 Å². The quantitative estimate of drug-likeness (QED) is 0.721. The minimum atomic E-state index is 0.0422. The van der Waals surface area contributed by atoms with E-state index in [1.807, 2.05) is 18.2 Å². The van der Waals surface area contributed by atoms with Crippen LogP contribution in [0.4, 0.5) is 0 Å². The third kappa shape index (κ3) is 6.04. The number of likely N-dealkylation sites (N-methyl/N-ethyl adjacent to an activating group) is 2. The van der Waals surface area contributed by atoms with E-state index in [-0.39, 0.29) is 5.91 Å². The SMILES string of the molecule is CNCC(=O)NCCN(C)Cc1ccccc1. The maximum absolute atomic E-state index is 11.2. The Bertz CT molecular complexity index is 327. The first-order chi connectivity index (χ1) is 8.22. The molecule has 0 saturated carbocycles. The van der Waals surface area contributed by atoms with Crippen molar-refractivity contribution in [1.82, 2.24) is 15.5 Å². The molecule has 0 unspecified atom stereocenters. The van der Waals surface area contributed by atoms with Crippen LogP contribution in [-0.2, 0) is 11.3 Å². The molecular weight excluding hydrogens is 214 g/mol. The fourth-order valence-corrected chi connectivity index (χ4v) is 1.58. The van der Waals surface area contributed by atoms with Crippen molar-refractivity contribution in [1.29, 1.82) is 0 Å². The Morgan fingerprint density at radius 2 is 2.00 bits per heavy atom. The van der Waals surface area contributed by atoms with Crippen LogP contribution < -0.4 is 10.6 Å². The van der Waals surface area contributed by atoms with Crippen molar-refractivity contribution in [2.24, 2.45) is 0 Å². The zero-order valence-electron chi connectivity index (χ0n) is 10.6. The van der Waals surface area contributed by atoms with Crippen LogP contribution in [0.25, 0.3) is 0 Å². The second-order valence-corrected chi connectivity index (χ2v) is 4.10. The van der Waals surface area contributed by atoms with Crippen molar-refractivity contribution in [3.63, 3.8) is 0 Å². The summed E-state index contributed by atoms with van der Waals surface area (Å²) < 4.78 is 0. The van der Waals surface area contributed by atoms with Gasteiger partial charge in [-0.05, 0) is 19.7 Å². The van der Waals surface area contributed by atoms with Crippen LogP contribution in [0.15, 0.2) is 30.3 Å². The fourth-order valence-electron chi connectivity index (χ4n) is 1.58. The van der Waals surface area contributed by atoms with Gasteiger partial charge in [0.2, 0.25) is 5.91 Å². The fraction of sp³-hybridized carbons (Fsp3) is 0.462. The number of hydrogen-bond donors (Lipinski definition) is 2. The topological polar surface area (TPSA) is 44.4 Å². The molecule has 0 aromatic heterocycles. The second-order valence-electron chi connectivity index (χ2n) is 4.10. The van der Waals surface area contributed by atoms with Gasteiger partial charge in [-0.3, -0.25) is 4.79 Å². The Balaban J connectivity index is 2.17. The highest BCUT2D eigenvalue weighted by atomic mass is 16.1. The number of nitrogens with zero attached hydrogens (tertiary/aromatic N) is 1. The van der Waals surface area contributed by atoms with E-state index in [1.54, 1.807) is 7.05 Å². The van der Waals surface area contributed by atoms with Crippen molar-refractivity contribution in [3.05, 3.63) is 35.9 Å². The molecule has 17 heavy (non-hydrogen) atoms. The van der Waals surface area contributed by atoms with Gasteiger partial charge in [-0.25, -0.2) is 0 Å². The van der Waals surface area contributed by atoms with Crippen molar-refractivity contribution in [3.8, 4) is 0 Å². The molecule has 0 heterocycles. The number of carbonyl (C=O) groups is 1. The molecular formula is C13H21N3O. The average molecular weight is 235 g/mol. The molecule has 0 aliphatic heterocycles. The number of amides is 1. The van der Waals surface area contributed by atoms with Crippen molar-refractivity contribution >= 4 is 5.91 Å². The van der Waals surface area contributed by atoms with E-state index < -0.39 is 0 Å². The predicted octanol–water partition coefficient (Wildman–Crippen LogP) is 0.454. The summed E-state index contributed by atoms with van der Waals surface area (Å²) in [7, 11) is 3.82. The lowest BCUT2D eigenvalue weighted by Gasteiger charge is -2.16. The second kappa shape index (κ2) is 7.81. The molecule has 4 heteroatoms. The normalized spacial score (nSPS) is 10.5. The van der Waals surface area contributed by atoms with E-state index in [4.69, 9.17) is 0 Å². The lowest BCUT2D eigenvalue weighted by atomic mass is 10.2. The summed E-state index contributed by atoms with van der Waals surface area (Å²) in [6, 6.07) is 10.3. The highest BCUT2D eigenvalue weighted by Crippen LogP contribution is 2.01. The molecule has 1 aromatic carbocycles.